The number of hydrogen-bond donors (Lipinski definition) is 0. The Kier molecular flexibility index (Phi) is 13.4. The number of hydrogen-bond acceptors (Lipinski definition) is 5. The molecule has 4 nitrogen and oxygen atoms in total. The van der Waals surface area contributed by atoms with Gasteiger partial charge in [-0.05, 0) is 98.7 Å². The second-order valence-corrected chi connectivity index (χ2v) is 19.2. The highest BCUT2D eigenvalue weighted by Crippen LogP contribution is 2.39. The van der Waals surface area contributed by atoms with E-state index in [1.807, 2.05) is 0 Å². The molecule has 0 spiro atoms. The molecule has 244 valence electrons. The third-order valence-electron chi connectivity index (χ3n) is 8.91. The van der Waals surface area contributed by atoms with Crippen LogP contribution in [0.5, 0.6) is 0 Å². The SMILES string of the molecule is CC(=CC[C@H](O[Si](c1ccccc1)(c1ccccc1)C(C)(C)C)C(C)=Cc1csc(C)n1)CCC[C@H](C)COC1CCCCO1. The van der Waals surface area contributed by atoms with Gasteiger partial charge in [-0.1, -0.05) is 100 Å². The van der Waals surface area contributed by atoms with Crippen LogP contribution in [0.3, 0.4) is 0 Å². The summed E-state index contributed by atoms with van der Waals surface area (Å²) in [5.41, 5.74) is 3.65. The third-order valence-corrected chi connectivity index (χ3v) is 14.7. The minimum absolute atomic E-state index is 0.000190. The maximum absolute atomic E-state index is 7.67. The van der Waals surface area contributed by atoms with E-state index < -0.39 is 8.32 Å². The van der Waals surface area contributed by atoms with Crippen molar-refractivity contribution in [3.05, 3.63) is 94.0 Å². The first-order valence-corrected chi connectivity index (χ1v) is 19.7. The van der Waals surface area contributed by atoms with Gasteiger partial charge in [-0.25, -0.2) is 4.98 Å². The van der Waals surface area contributed by atoms with Crippen LogP contribution in [0.25, 0.3) is 6.08 Å². The molecule has 1 aliphatic heterocycles. The lowest BCUT2D eigenvalue weighted by atomic mass is 10.0. The molecule has 4 rings (SSSR count). The number of nitrogens with zero attached hydrogens (tertiary/aromatic N) is 1. The molecular weight excluding hydrogens is 591 g/mol. The number of aromatic nitrogens is 1. The van der Waals surface area contributed by atoms with Crippen molar-refractivity contribution < 1.29 is 13.9 Å². The molecule has 3 atom stereocenters. The topological polar surface area (TPSA) is 40.6 Å². The highest BCUT2D eigenvalue weighted by molar-refractivity contribution is 7.09. The van der Waals surface area contributed by atoms with Crippen LogP contribution in [0.2, 0.25) is 5.04 Å². The molecule has 1 aromatic heterocycles. The molecule has 0 amide bonds. The molecule has 0 radical (unpaired) electrons. The van der Waals surface area contributed by atoms with Crippen LogP contribution in [-0.2, 0) is 13.9 Å². The van der Waals surface area contributed by atoms with Gasteiger partial charge < -0.3 is 13.9 Å². The summed E-state index contributed by atoms with van der Waals surface area (Å²) < 4.78 is 19.5. The van der Waals surface area contributed by atoms with Gasteiger partial charge in [0.15, 0.2) is 6.29 Å². The van der Waals surface area contributed by atoms with Crippen molar-refractivity contribution in [2.75, 3.05) is 13.2 Å². The van der Waals surface area contributed by atoms with Crippen LogP contribution in [0.1, 0.15) is 97.2 Å². The fourth-order valence-corrected chi connectivity index (χ4v) is 11.6. The smallest absolute Gasteiger partial charge is 0.261 e. The van der Waals surface area contributed by atoms with Crippen molar-refractivity contribution in [3.8, 4) is 0 Å². The van der Waals surface area contributed by atoms with Crippen molar-refractivity contribution in [2.45, 2.75) is 111 Å². The second-order valence-electron chi connectivity index (χ2n) is 13.9. The molecule has 1 aliphatic rings. The van der Waals surface area contributed by atoms with E-state index in [0.29, 0.717) is 5.92 Å². The predicted molar refractivity (Wildman–Crippen MR) is 194 cm³/mol. The number of ether oxygens (including phenoxy) is 2. The molecule has 45 heavy (non-hydrogen) atoms. The van der Waals surface area contributed by atoms with Crippen LogP contribution in [0, 0.1) is 12.8 Å². The Morgan fingerprint density at radius 3 is 2.27 bits per heavy atom. The molecule has 0 aliphatic carbocycles. The number of thiazole rings is 1. The fraction of sp³-hybridized carbons (Fsp3) is 0.513. The lowest BCUT2D eigenvalue weighted by Crippen LogP contribution is -2.67. The first-order valence-electron chi connectivity index (χ1n) is 16.9. The zero-order valence-corrected chi connectivity index (χ0v) is 30.5. The lowest BCUT2D eigenvalue weighted by Gasteiger charge is -2.45. The average Bonchev–Trinajstić information content (AvgIpc) is 3.45. The lowest BCUT2D eigenvalue weighted by molar-refractivity contribution is -0.168. The van der Waals surface area contributed by atoms with Crippen molar-refractivity contribution in [3.63, 3.8) is 0 Å². The maximum atomic E-state index is 7.67. The monoisotopic (exact) mass is 645 g/mol. The summed E-state index contributed by atoms with van der Waals surface area (Å²) in [4.78, 5) is 4.76. The molecule has 2 heterocycles. The second kappa shape index (κ2) is 17.0. The molecular formula is C39H55NO3SSi. The highest BCUT2D eigenvalue weighted by Gasteiger charge is 2.51. The molecule has 1 fully saturated rings. The van der Waals surface area contributed by atoms with Gasteiger partial charge in [-0.3, -0.25) is 0 Å². The number of rotatable bonds is 15. The average molecular weight is 646 g/mol. The Balaban J connectivity index is 1.55. The third kappa shape index (κ3) is 10.1. The van der Waals surface area contributed by atoms with Gasteiger partial charge in [0.25, 0.3) is 8.32 Å². The van der Waals surface area contributed by atoms with Crippen molar-refractivity contribution >= 4 is 36.1 Å². The molecule has 3 aromatic rings. The molecule has 1 unspecified atom stereocenters. The quantitative estimate of drug-likeness (QED) is 0.122. The largest absolute Gasteiger partial charge is 0.400 e. The minimum Gasteiger partial charge on any atom is -0.400 e. The zero-order valence-electron chi connectivity index (χ0n) is 28.7. The van der Waals surface area contributed by atoms with Gasteiger partial charge in [-0.15, -0.1) is 11.3 Å². The minimum atomic E-state index is -2.74. The van der Waals surface area contributed by atoms with Gasteiger partial charge in [0.1, 0.15) is 0 Å². The first kappa shape index (κ1) is 35.5. The number of allylic oxidation sites excluding steroid dienone is 1. The fourth-order valence-electron chi connectivity index (χ4n) is 6.34. The Labute approximate surface area is 278 Å². The molecule has 0 N–H and O–H groups in total. The first-order chi connectivity index (χ1) is 21.6. The van der Waals surface area contributed by atoms with Gasteiger partial charge in [0.2, 0.25) is 0 Å². The van der Waals surface area contributed by atoms with Crippen LogP contribution in [0.15, 0.2) is 83.3 Å². The summed E-state index contributed by atoms with van der Waals surface area (Å²) in [5, 5.41) is 5.75. The Morgan fingerprint density at radius 1 is 1.04 bits per heavy atom. The summed E-state index contributed by atoms with van der Waals surface area (Å²) in [7, 11) is -2.74. The van der Waals surface area contributed by atoms with Crippen molar-refractivity contribution in [2.24, 2.45) is 5.92 Å². The Morgan fingerprint density at radius 2 is 1.71 bits per heavy atom. The molecule has 0 bridgehead atoms. The van der Waals surface area contributed by atoms with E-state index in [2.05, 4.69) is 127 Å². The Hall–Kier alpha value is -2.35. The van der Waals surface area contributed by atoms with Crippen molar-refractivity contribution in [1.82, 2.24) is 4.98 Å². The standard InChI is InChI=1S/C39H55NO3SSi/c1-30(17-16-18-31(2)28-42-38-23-14-15-26-41-38)24-25-37(32(3)27-34-29-44-33(4)40-34)43-45(39(5,6)7,35-19-10-8-11-20-35)36-21-12-9-13-22-36/h8-13,19-22,24,27,29,31,37-38H,14-18,23,25-26,28H2,1-7H3/t31-,37-,38?/m0/s1. The van der Waals surface area contributed by atoms with E-state index in [-0.39, 0.29) is 17.4 Å². The molecule has 6 heteroatoms. The van der Waals surface area contributed by atoms with Gasteiger partial charge >= 0.3 is 0 Å². The van der Waals surface area contributed by atoms with E-state index in [1.165, 1.54) is 27.9 Å². The van der Waals surface area contributed by atoms with E-state index in [4.69, 9.17) is 18.9 Å². The molecule has 0 saturated carbocycles. The number of aryl methyl sites for hydroxylation is 1. The van der Waals surface area contributed by atoms with Crippen LogP contribution >= 0.6 is 11.3 Å². The summed E-state index contributed by atoms with van der Waals surface area (Å²) >= 11 is 1.69. The van der Waals surface area contributed by atoms with E-state index >= 15 is 0 Å². The summed E-state index contributed by atoms with van der Waals surface area (Å²) in [6, 6.07) is 21.9. The number of benzene rings is 2. The van der Waals surface area contributed by atoms with Crippen LogP contribution in [-0.4, -0.2) is 38.9 Å². The van der Waals surface area contributed by atoms with Crippen LogP contribution < -0.4 is 10.4 Å². The Bertz CT molecular complexity index is 1320. The highest BCUT2D eigenvalue weighted by atomic mass is 32.1. The zero-order chi connectivity index (χ0) is 32.3. The normalized spacial score (nSPS) is 18.2. The summed E-state index contributed by atoms with van der Waals surface area (Å²) in [6.45, 7) is 17.5. The van der Waals surface area contributed by atoms with E-state index in [9.17, 15) is 0 Å². The van der Waals surface area contributed by atoms with Gasteiger partial charge in [0.05, 0.1) is 23.4 Å². The predicted octanol–water partition coefficient (Wildman–Crippen LogP) is 9.49. The summed E-state index contributed by atoms with van der Waals surface area (Å²) in [5.74, 6) is 0.529. The molecule has 2 aromatic carbocycles. The van der Waals surface area contributed by atoms with Crippen molar-refractivity contribution in [1.29, 1.82) is 0 Å². The summed E-state index contributed by atoms with van der Waals surface area (Å²) in [6.07, 6.45) is 12.2. The van der Waals surface area contributed by atoms with E-state index in [1.54, 1.807) is 11.3 Å². The van der Waals surface area contributed by atoms with Crippen LogP contribution in [0.4, 0.5) is 0 Å². The van der Waals surface area contributed by atoms with E-state index in [0.717, 1.165) is 62.4 Å². The van der Waals surface area contributed by atoms with Gasteiger partial charge in [0, 0.05) is 12.0 Å². The van der Waals surface area contributed by atoms with Gasteiger partial charge in [-0.2, -0.15) is 0 Å². The molecule has 1 saturated heterocycles. The maximum Gasteiger partial charge on any atom is 0.261 e.